The van der Waals surface area contributed by atoms with Crippen LogP contribution in [0.15, 0.2) is 6.20 Å². The van der Waals surface area contributed by atoms with Crippen LogP contribution >= 0.6 is 0 Å². The molecule has 104 valence electrons. The summed E-state index contributed by atoms with van der Waals surface area (Å²) in [5, 5.41) is 4.43. The Morgan fingerprint density at radius 3 is 2.58 bits per heavy atom. The lowest BCUT2D eigenvalue weighted by Gasteiger charge is -2.11. The molecule has 0 saturated heterocycles. The molecule has 0 aliphatic carbocycles. The van der Waals surface area contributed by atoms with Gasteiger partial charge < -0.3 is 10.7 Å². The van der Waals surface area contributed by atoms with E-state index in [9.17, 15) is 0 Å². The van der Waals surface area contributed by atoms with Crippen molar-refractivity contribution in [1.82, 2.24) is 19.7 Å². The molecule has 3 N–H and O–H groups in total. The van der Waals surface area contributed by atoms with Gasteiger partial charge in [-0.15, -0.1) is 0 Å². The summed E-state index contributed by atoms with van der Waals surface area (Å²) in [5.74, 6) is 1.41. The van der Waals surface area contributed by atoms with Crippen LogP contribution in [0.4, 0.5) is 0 Å². The van der Waals surface area contributed by atoms with E-state index in [1.807, 2.05) is 24.9 Å². The van der Waals surface area contributed by atoms with Crippen LogP contribution in [0.25, 0.3) is 11.3 Å². The fourth-order valence-corrected chi connectivity index (χ4v) is 2.43. The van der Waals surface area contributed by atoms with Crippen LogP contribution in [-0.4, -0.2) is 19.7 Å². The van der Waals surface area contributed by atoms with Crippen molar-refractivity contribution in [3.05, 3.63) is 23.4 Å². The van der Waals surface area contributed by atoms with Gasteiger partial charge in [0.2, 0.25) is 0 Å². The van der Waals surface area contributed by atoms with Crippen molar-refractivity contribution in [2.24, 2.45) is 18.7 Å². The first-order chi connectivity index (χ1) is 8.90. The van der Waals surface area contributed by atoms with Gasteiger partial charge in [-0.2, -0.15) is 5.10 Å². The summed E-state index contributed by atoms with van der Waals surface area (Å²) in [7, 11) is 1.95. The van der Waals surface area contributed by atoms with Gasteiger partial charge in [0.05, 0.1) is 23.6 Å². The predicted octanol–water partition coefficient (Wildman–Crippen LogP) is 2.47. The molecule has 0 spiro atoms. The van der Waals surface area contributed by atoms with Crippen molar-refractivity contribution >= 4 is 0 Å². The molecule has 2 aromatic heterocycles. The minimum Gasteiger partial charge on any atom is -0.341 e. The van der Waals surface area contributed by atoms with Gasteiger partial charge in [-0.05, 0) is 26.2 Å². The van der Waals surface area contributed by atoms with E-state index in [0.29, 0.717) is 5.92 Å². The third kappa shape index (κ3) is 2.71. The highest BCUT2D eigenvalue weighted by Gasteiger charge is 2.17. The molecule has 0 radical (unpaired) electrons. The molecular weight excluding hydrogens is 238 g/mol. The molecule has 19 heavy (non-hydrogen) atoms. The van der Waals surface area contributed by atoms with Crippen LogP contribution in [0.2, 0.25) is 0 Å². The summed E-state index contributed by atoms with van der Waals surface area (Å²) in [4.78, 5) is 7.76. The number of hydrogen-bond acceptors (Lipinski definition) is 3. The average Bonchev–Trinajstić information content (AvgIpc) is 2.85. The van der Waals surface area contributed by atoms with Crippen molar-refractivity contribution in [1.29, 1.82) is 0 Å². The van der Waals surface area contributed by atoms with E-state index in [2.05, 4.69) is 35.8 Å². The maximum atomic E-state index is 6.15. The first-order valence-electron chi connectivity index (χ1n) is 6.71. The molecule has 0 bridgehead atoms. The number of hydrogen-bond donors (Lipinski definition) is 2. The molecule has 2 rings (SSSR count). The van der Waals surface area contributed by atoms with Crippen molar-refractivity contribution in [3.63, 3.8) is 0 Å². The molecule has 0 aliphatic heterocycles. The van der Waals surface area contributed by atoms with E-state index in [1.54, 1.807) is 0 Å². The summed E-state index contributed by atoms with van der Waals surface area (Å²) in [5.41, 5.74) is 10.4. The van der Waals surface area contributed by atoms with Crippen molar-refractivity contribution in [3.8, 4) is 11.3 Å². The van der Waals surface area contributed by atoms with E-state index >= 15 is 0 Å². The number of H-pyrrole nitrogens is 1. The number of nitrogens with zero attached hydrogens (tertiary/aromatic N) is 3. The minimum atomic E-state index is -0.0361. The van der Waals surface area contributed by atoms with Gasteiger partial charge in [-0.25, -0.2) is 4.98 Å². The zero-order valence-corrected chi connectivity index (χ0v) is 12.4. The van der Waals surface area contributed by atoms with E-state index in [0.717, 1.165) is 34.9 Å². The fraction of sp³-hybridized carbons (Fsp3) is 0.571. The Labute approximate surface area is 114 Å². The lowest BCUT2D eigenvalue weighted by molar-refractivity contribution is 0.496. The highest BCUT2D eigenvalue weighted by molar-refractivity contribution is 5.64. The number of nitrogens with one attached hydrogen (secondary N) is 1. The maximum absolute atomic E-state index is 6.15. The largest absolute Gasteiger partial charge is 0.341 e. The third-order valence-electron chi connectivity index (χ3n) is 3.45. The highest BCUT2D eigenvalue weighted by atomic mass is 15.3. The first kappa shape index (κ1) is 13.8. The molecule has 2 heterocycles. The van der Waals surface area contributed by atoms with Gasteiger partial charge >= 0.3 is 0 Å². The molecule has 0 aromatic carbocycles. The zero-order valence-electron chi connectivity index (χ0n) is 12.4. The number of aromatic nitrogens is 4. The first-order valence-corrected chi connectivity index (χ1v) is 6.71. The van der Waals surface area contributed by atoms with E-state index in [-0.39, 0.29) is 6.04 Å². The molecule has 0 amide bonds. The maximum Gasteiger partial charge on any atom is 0.123 e. The molecule has 5 nitrogen and oxygen atoms in total. The second-order valence-corrected chi connectivity index (χ2v) is 5.59. The van der Waals surface area contributed by atoms with Crippen molar-refractivity contribution in [2.45, 2.75) is 40.2 Å². The Kier molecular flexibility index (Phi) is 3.75. The molecule has 0 aliphatic rings. The van der Waals surface area contributed by atoms with Crippen LogP contribution in [0.1, 0.15) is 43.5 Å². The summed E-state index contributed by atoms with van der Waals surface area (Å²) < 4.78 is 1.89. The molecular formula is C14H23N5. The van der Waals surface area contributed by atoms with E-state index in [1.165, 1.54) is 0 Å². The smallest absolute Gasteiger partial charge is 0.123 e. The molecule has 1 unspecified atom stereocenters. The lowest BCUT2D eigenvalue weighted by atomic mass is 10.0. The Morgan fingerprint density at radius 2 is 2.05 bits per heavy atom. The van der Waals surface area contributed by atoms with E-state index < -0.39 is 0 Å². The average molecular weight is 261 g/mol. The van der Waals surface area contributed by atoms with E-state index in [4.69, 9.17) is 5.73 Å². The molecule has 1 atom stereocenters. The number of aryl methyl sites for hydroxylation is 2. The normalized spacial score (nSPS) is 13.2. The number of nitrogens with two attached hydrogens (primary N) is 1. The van der Waals surface area contributed by atoms with Gasteiger partial charge in [0.25, 0.3) is 0 Å². The lowest BCUT2D eigenvalue weighted by Crippen LogP contribution is -2.14. The van der Waals surface area contributed by atoms with Crippen molar-refractivity contribution in [2.75, 3.05) is 0 Å². The molecule has 0 saturated carbocycles. The van der Waals surface area contributed by atoms with Crippen LogP contribution in [0.5, 0.6) is 0 Å². The number of imidazole rings is 1. The van der Waals surface area contributed by atoms with Crippen LogP contribution < -0.4 is 5.73 Å². The molecule has 2 aromatic rings. The Balaban J connectivity index is 2.30. The van der Waals surface area contributed by atoms with Gasteiger partial charge in [-0.1, -0.05) is 13.8 Å². The summed E-state index contributed by atoms with van der Waals surface area (Å²) in [6.45, 7) is 8.40. The van der Waals surface area contributed by atoms with Gasteiger partial charge in [0.1, 0.15) is 5.82 Å². The van der Waals surface area contributed by atoms with Crippen LogP contribution in [0.3, 0.4) is 0 Å². The fourth-order valence-electron chi connectivity index (χ4n) is 2.43. The van der Waals surface area contributed by atoms with Gasteiger partial charge in [0, 0.05) is 18.3 Å². The predicted molar refractivity (Wildman–Crippen MR) is 76.6 cm³/mol. The van der Waals surface area contributed by atoms with Crippen LogP contribution in [0, 0.1) is 19.8 Å². The Hall–Kier alpha value is -1.62. The quantitative estimate of drug-likeness (QED) is 0.888. The SMILES string of the molecule is Cc1nn(C)c(C)c1-c1cnc(C(N)CC(C)C)[nH]1. The van der Waals surface area contributed by atoms with Crippen molar-refractivity contribution < 1.29 is 0 Å². The van der Waals surface area contributed by atoms with Gasteiger partial charge in [-0.3, -0.25) is 4.68 Å². The van der Waals surface area contributed by atoms with Gasteiger partial charge in [0.15, 0.2) is 0 Å². The standard InChI is InChI=1S/C14H23N5/c1-8(2)6-11(15)14-16-7-12(17-14)13-9(3)18-19(5)10(13)4/h7-8,11H,6,15H2,1-5H3,(H,16,17). The number of rotatable bonds is 4. The molecule has 5 heteroatoms. The molecule has 0 fully saturated rings. The second-order valence-electron chi connectivity index (χ2n) is 5.59. The second kappa shape index (κ2) is 5.17. The number of aromatic amines is 1. The Morgan fingerprint density at radius 1 is 1.37 bits per heavy atom. The summed E-state index contributed by atoms with van der Waals surface area (Å²) >= 11 is 0. The topological polar surface area (TPSA) is 72.5 Å². The summed E-state index contributed by atoms with van der Waals surface area (Å²) in [6, 6.07) is -0.0361. The summed E-state index contributed by atoms with van der Waals surface area (Å²) in [6.07, 6.45) is 2.78. The zero-order chi connectivity index (χ0) is 14.2. The Bertz CT molecular complexity index is 564. The van der Waals surface area contributed by atoms with Crippen LogP contribution in [-0.2, 0) is 7.05 Å². The third-order valence-corrected chi connectivity index (χ3v) is 3.45. The minimum absolute atomic E-state index is 0.0361. The highest BCUT2D eigenvalue weighted by Crippen LogP contribution is 2.26. The monoisotopic (exact) mass is 261 g/mol.